The number of thioether (sulfide) groups is 1. The van der Waals surface area contributed by atoms with Crippen molar-refractivity contribution in [1.82, 2.24) is 4.90 Å². The summed E-state index contributed by atoms with van der Waals surface area (Å²) in [6, 6.07) is 15.0. The maximum absolute atomic E-state index is 12.4. The Morgan fingerprint density at radius 3 is 2.67 bits per heavy atom. The average molecular weight is 361 g/mol. The number of nitrogens with one attached hydrogen (secondary N) is 1. The van der Waals surface area contributed by atoms with Crippen LogP contribution in [0, 0.1) is 0 Å². The van der Waals surface area contributed by atoms with Gasteiger partial charge in [0.05, 0.1) is 10.9 Å². The van der Waals surface area contributed by atoms with E-state index in [2.05, 4.69) is 5.32 Å². The smallest absolute Gasteiger partial charge is 0.238 e. The van der Waals surface area contributed by atoms with Gasteiger partial charge >= 0.3 is 0 Å². The molecule has 3 rings (SSSR count). The van der Waals surface area contributed by atoms with Gasteiger partial charge in [-0.3, -0.25) is 9.59 Å². The van der Waals surface area contributed by atoms with Gasteiger partial charge < -0.3 is 10.2 Å². The zero-order chi connectivity index (χ0) is 17.1. The van der Waals surface area contributed by atoms with Crippen LogP contribution >= 0.6 is 23.4 Å². The van der Waals surface area contributed by atoms with Crippen molar-refractivity contribution in [1.29, 1.82) is 0 Å². The molecule has 0 bridgehead atoms. The first-order valence-electron chi connectivity index (χ1n) is 7.58. The number of hydrogen-bond donors (Lipinski definition) is 1. The fraction of sp³-hybridized carbons (Fsp3) is 0.222. The molecule has 0 aromatic heterocycles. The number of nitrogens with zero attached hydrogens (tertiary/aromatic N) is 1. The summed E-state index contributed by atoms with van der Waals surface area (Å²) in [6.45, 7) is 0.492. The fourth-order valence-electron chi connectivity index (χ4n) is 2.49. The third kappa shape index (κ3) is 3.91. The Bertz CT molecular complexity index is 764. The van der Waals surface area contributed by atoms with E-state index in [1.54, 1.807) is 24.1 Å². The summed E-state index contributed by atoms with van der Waals surface area (Å²) in [5.41, 5.74) is 1.81. The number of fused-ring (bicyclic) bond motifs is 1. The van der Waals surface area contributed by atoms with Gasteiger partial charge in [-0.25, -0.2) is 0 Å². The van der Waals surface area contributed by atoms with E-state index in [0.29, 0.717) is 11.6 Å². The number of para-hydroxylation sites is 1. The van der Waals surface area contributed by atoms with E-state index in [-0.39, 0.29) is 18.2 Å². The zero-order valence-corrected chi connectivity index (χ0v) is 14.7. The molecule has 0 aliphatic carbocycles. The second-order valence-corrected chi connectivity index (χ2v) is 7.35. The molecule has 1 atom stereocenters. The van der Waals surface area contributed by atoms with E-state index in [0.717, 1.165) is 16.1 Å². The molecule has 2 aromatic rings. The molecule has 24 heavy (non-hydrogen) atoms. The van der Waals surface area contributed by atoms with Gasteiger partial charge in [-0.2, -0.15) is 0 Å². The van der Waals surface area contributed by atoms with Gasteiger partial charge in [-0.15, -0.1) is 11.8 Å². The minimum absolute atomic E-state index is 0.0584. The Kier molecular flexibility index (Phi) is 5.11. The molecule has 6 heteroatoms. The maximum Gasteiger partial charge on any atom is 0.238 e. The molecular formula is C18H17ClN2O2S. The van der Waals surface area contributed by atoms with Gasteiger partial charge in [0.1, 0.15) is 0 Å². The lowest BCUT2D eigenvalue weighted by molar-refractivity contribution is -0.131. The van der Waals surface area contributed by atoms with Gasteiger partial charge in [-0.05, 0) is 29.8 Å². The first-order valence-corrected chi connectivity index (χ1v) is 8.83. The number of carbonyl (C=O) groups excluding carboxylic acids is 2. The first kappa shape index (κ1) is 16.9. The summed E-state index contributed by atoms with van der Waals surface area (Å²) < 4.78 is 0. The second kappa shape index (κ2) is 7.28. The van der Waals surface area contributed by atoms with Crippen molar-refractivity contribution in [3.8, 4) is 0 Å². The van der Waals surface area contributed by atoms with Crippen LogP contribution in [-0.4, -0.2) is 29.0 Å². The lowest BCUT2D eigenvalue weighted by Crippen LogP contribution is -2.35. The number of amides is 2. The zero-order valence-electron chi connectivity index (χ0n) is 13.2. The van der Waals surface area contributed by atoms with Crippen LogP contribution in [0.2, 0.25) is 5.02 Å². The highest BCUT2D eigenvalue weighted by Gasteiger charge is 2.29. The van der Waals surface area contributed by atoms with Crippen LogP contribution in [0.25, 0.3) is 0 Å². The van der Waals surface area contributed by atoms with E-state index in [1.807, 2.05) is 36.4 Å². The van der Waals surface area contributed by atoms with Crippen LogP contribution < -0.4 is 5.32 Å². The summed E-state index contributed by atoms with van der Waals surface area (Å²) in [5.74, 6) is -0.177. The first-order chi connectivity index (χ1) is 11.5. The number of rotatable bonds is 4. The van der Waals surface area contributed by atoms with Crippen LogP contribution in [0.4, 0.5) is 5.69 Å². The Morgan fingerprint density at radius 2 is 1.92 bits per heavy atom. The van der Waals surface area contributed by atoms with Crippen LogP contribution in [-0.2, 0) is 16.1 Å². The third-order valence-electron chi connectivity index (χ3n) is 3.83. The largest absolute Gasteiger partial charge is 0.341 e. The van der Waals surface area contributed by atoms with Crippen molar-refractivity contribution in [2.75, 3.05) is 12.4 Å². The summed E-state index contributed by atoms with van der Waals surface area (Å²) >= 11 is 7.31. The Morgan fingerprint density at radius 1 is 1.21 bits per heavy atom. The van der Waals surface area contributed by atoms with E-state index >= 15 is 0 Å². The minimum atomic E-state index is -0.403. The highest BCUT2D eigenvalue weighted by molar-refractivity contribution is 8.01. The number of anilines is 1. The molecule has 1 aliphatic rings. The van der Waals surface area contributed by atoms with Gasteiger partial charge in [0.15, 0.2) is 0 Å². The number of benzene rings is 2. The lowest BCUT2D eigenvalue weighted by Gasteiger charge is -2.25. The minimum Gasteiger partial charge on any atom is -0.341 e. The van der Waals surface area contributed by atoms with E-state index in [1.165, 1.54) is 11.8 Å². The number of halogens is 1. The predicted molar refractivity (Wildman–Crippen MR) is 97.3 cm³/mol. The summed E-state index contributed by atoms with van der Waals surface area (Å²) in [6.07, 6.45) is 0.176. The molecule has 0 saturated carbocycles. The quantitative estimate of drug-likeness (QED) is 0.902. The fourth-order valence-corrected chi connectivity index (χ4v) is 3.72. The molecule has 0 fully saturated rings. The highest BCUT2D eigenvalue weighted by atomic mass is 35.5. The molecule has 2 amide bonds. The molecule has 1 N–H and O–H groups in total. The molecule has 1 heterocycles. The van der Waals surface area contributed by atoms with E-state index in [9.17, 15) is 9.59 Å². The Hall–Kier alpha value is -1.98. The van der Waals surface area contributed by atoms with Crippen LogP contribution in [0.5, 0.6) is 0 Å². The Balaban J connectivity index is 1.62. The third-order valence-corrected chi connectivity index (χ3v) is 5.35. The molecule has 1 aliphatic heterocycles. The van der Waals surface area contributed by atoms with Crippen LogP contribution in [0.3, 0.4) is 0 Å². The summed E-state index contributed by atoms with van der Waals surface area (Å²) in [5, 5.41) is 3.13. The molecule has 0 saturated heterocycles. The average Bonchev–Trinajstić information content (AvgIpc) is 2.57. The van der Waals surface area contributed by atoms with E-state index in [4.69, 9.17) is 11.6 Å². The van der Waals surface area contributed by atoms with Gasteiger partial charge in [0, 0.05) is 29.9 Å². The van der Waals surface area contributed by atoms with Gasteiger partial charge in [-0.1, -0.05) is 35.9 Å². The highest BCUT2D eigenvalue weighted by Crippen LogP contribution is 2.36. The summed E-state index contributed by atoms with van der Waals surface area (Å²) in [4.78, 5) is 27.3. The molecule has 2 aromatic carbocycles. The lowest BCUT2D eigenvalue weighted by atomic mass is 10.2. The molecular weight excluding hydrogens is 344 g/mol. The number of hydrogen-bond acceptors (Lipinski definition) is 3. The molecule has 4 nitrogen and oxygen atoms in total. The molecule has 0 radical (unpaired) electrons. The van der Waals surface area contributed by atoms with Crippen molar-refractivity contribution in [3.05, 3.63) is 59.1 Å². The topological polar surface area (TPSA) is 49.4 Å². The molecule has 0 spiro atoms. The SMILES string of the molecule is CN(Cc1ccc(Cl)cc1)C(=O)C[C@@H]1Sc2ccccc2NC1=O. The van der Waals surface area contributed by atoms with Crippen LogP contribution in [0.1, 0.15) is 12.0 Å². The Labute approximate surface area is 150 Å². The molecule has 0 unspecified atom stereocenters. The monoisotopic (exact) mass is 360 g/mol. The standard InChI is InChI=1S/C18H17ClN2O2S/c1-21(11-12-6-8-13(19)9-7-12)17(22)10-16-18(23)20-14-4-2-3-5-15(14)24-16/h2-9,16H,10-11H2,1H3,(H,20,23)/t16-/m0/s1. The van der Waals surface area contributed by atoms with Crippen molar-refractivity contribution in [2.45, 2.75) is 23.1 Å². The normalized spacial score (nSPS) is 16.2. The van der Waals surface area contributed by atoms with Crippen LogP contribution in [0.15, 0.2) is 53.4 Å². The maximum atomic E-state index is 12.4. The van der Waals surface area contributed by atoms with Gasteiger partial charge in [0.25, 0.3) is 0 Å². The number of carbonyl (C=O) groups is 2. The van der Waals surface area contributed by atoms with Crippen molar-refractivity contribution >= 4 is 40.9 Å². The second-order valence-electron chi connectivity index (χ2n) is 5.67. The molecule has 124 valence electrons. The van der Waals surface area contributed by atoms with Crippen molar-refractivity contribution in [3.63, 3.8) is 0 Å². The van der Waals surface area contributed by atoms with Crippen molar-refractivity contribution in [2.24, 2.45) is 0 Å². The van der Waals surface area contributed by atoms with Gasteiger partial charge in [0.2, 0.25) is 11.8 Å². The predicted octanol–water partition coefficient (Wildman–Crippen LogP) is 3.80. The van der Waals surface area contributed by atoms with Crippen molar-refractivity contribution < 1.29 is 9.59 Å². The summed E-state index contributed by atoms with van der Waals surface area (Å²) in [7, 11) is 1.75. The van der Waals surface area contributed by atoms with E-state index < -0.39 is 5.25 Å².